The summed E-state index contributed by atoms with van der Waals surface area (Å²) in [6.45, 7) is 1.75. The van der Waals surface area contributed by atoms with E-state index in [1.165, 1.54) is 5.01 Å². The number of carbonyl (C=O) groups is 1. The highest BCUT2D eigenvalue weighted by Gasteiger charge is 2.29. The Kier molecular flexibility index (Phi) is 2.79. The van der Waals surface area contributed by atoms with Crippen LogP contribution in [-0.2, 0) is 4.79 Å². The van der Waals surface area contributed by atoms with Crippen molar-refractivity contribution in [2.45, 2.75) is 6.92 Å². The Morgan fingerprint density at radius 2 is 2.16 bits per heavy atom. The van der Waals surface area contributed by atoms with E-state index in [2.05, 4.69) is 15.5 Å². The molecule has 0 saturated heterocycles. The van der Waals surface area contributed by atoms with Crippen LogP contribution in [0.15, 0.2) is 39.1 Å². The van der Waals surface area contributed by atoms with Gasteiger partial charge in [0.05, 0.1) is 5.02 Å². The third-order valence-corrected chi connectivity index (χ3v) is 3.10. The summed E-state index contributed by atoms with van der Waals surface area (Å²) in [6, 6.07) is 7.21. The first kappa shape index (κ1) is 11.9. The minimum Gasteiger partial charge on any atom is -0.359 e. The average Bonchev–Trinajstić information content (AvgIpc) is 2.96. The van der Waals surface area contributed by atoms with Gasteiger partial charge in [0.2, 0.25) is 0 Å². The monoisotopic (exact) mass is 276 g/mol. The Morgan fingerprint density at radius 3 is 2.84 bits per heavy atom. The molecule has 0 fully saturated rings. The Hall–Kier alpha value is -2.21. The Morgan fingerprint density at radius 1 is 1.37 bits per heavy atom. The normalized spacial score (nSPS) is 14.4. The van der Waals surface area contributed by atoms with Gasteiger partial charge in [-0.05, 0) is 13.0 Å². The molecule has 96 valence electrons. The summed E-state index contributed by atoms with van der Waals surface area (Å²) in [5.74, 6) is 0.267. The number of carbonyl (C=O) groups excluding carboxylic acids is 1. The van der Waals surface area contributed by atoms with Crippen molar-refractivity contribution in [2.24, 2.45) is 10.3 Å². The molecule has 0 radical (unpaired) electrons. The summed E-state index contributed by atoms with van der Waals surface area (Å²) >= 11 is 6.14. The van der Waals surface area contributed by atoms with Gasteiger partial charge in [-0.3, -0.25) is 4.79 Å². The SMILES string of the molecule is Cc1onc(-c2ccccc2Cl)c1N1N=NCC1=O. The molecule has 2 aromatic rings. The zero-order chi connectivity index (χ0) is 13.4. The van der Waals surface area contributed by atoms with Gasteiger partial charge in [0.15, 0.2) is 5.76 Å². The summed E-state index contributed by atoms with van der Waals surface area (Å²) in [7, 11) is 0. The molecule has 1 amide bonds. The van der Waals surface area contributed by atoms with Crippen LogP contribution < -0.4 is 5.01 Å². The summed E-state index contributed by atoms with van der Waals surface area (Å²) in [5, 5.41) is 13.2. The van der Waals surface area contributed by atoms with Gasteiger partial charge >= 0.3 is 0 Å². The quantitative estimate of drug-likeness (QED) is 0.846. The van der Waals surface area contributed by atoms with Gasteiger partial charge in [-0.15, -0.1) is 0 Å². The topological polar surface area (TPSA) is 71.1 Å². The van der Waals surface area contributed by atoms with Crippen molar-refractivity contribution in [3.63, 3.8) is 0 Å². The molecule has 0 unspecified atom stereocenters. The molecule has 0 spiro atoms. The van der Waals surface area contributed by atoms with Crippen LogP contribution in [-0.4, -0.2) is 17.6 Å². The first-order chi connectivity index (χ1) is 9.18. The molecule has 0 N–H and O–H groups in total. The number of benzene rings is 1. The third kappa shape index (κ3) is 1.90. The molecule has 0 atom stereocenters. The third-order valence-electron chi connectivity index (χ3n) is 2.77. The fourth-order valence-corrected chi connectivity index (χ4v) is 2.11. The van der Waals surface area contributed by atoms with Crippen molar-refractivity contribution in [3.05, 3.63) is 35.0 Å². The minimum absolute atomic E-state index is 0.0343. The van der Waals surface area contributed by atoms with Crippen molar-refractivity contribution in [1.82, 2.24) is 5.16 Å². The lowest BCUT2D eigenvalue weighted by Gasteiger charge is -2.10. The van der Waals surface area contributed by atoms with Crippen LogP contribution in [0.1, 0.15) is 5.76 Å². The van der Waals surface area contributed by atoms with E-state index < -0.39 is 0 Å². The zero-order valence-corrected chi connectivity index (χ0v) is 10.8. The fourth-order valence-electron chi connectivity index (χ4n) is 1.89. The number of anilines is 1. The molecular weight excluding hydrogens is 268 g/mol. The Labute approximate surface area is 113 Å². The lowest BCUT2D eigenvalue weighted by atomic mass is 10.1. The molecule has 19 heavy (non-hydrogen) atoms. The largest absolute Gasteiger partial charge is 0.359 e. The number of amides is 1. The van der Waals surface area contributed by atoms with Gasteiger partial charge in [0, 0.05) is 5.56 Å². The Balaban J connectivity index is 2.16. The smallest absolute Gasteiger partial charge is 0.272 e. The molecule has 1 aliphatic rings. The van der Waals surface area contributed by atoms with E-state index in [1.807, 2.05) is 12.1 Å². The van der Waals surface area contributed by atoms with Crippen LogP contribution in [0.5, 0.6) is 0 Å². The van der Waals surface area contributed by atoms with Gasteiger partial charge in [0.25, 0.3) is 5.91 Å². The van der Waals surface area contributed by atoms with Gasteiger partial charge in [-0.25, -0.2) is 0 Å². The van der Waals surface area contributed by atoms with Crippen LogP contribution in [0.2, 0.25) is 5.02 Å². The summed E-state index contributed by atoms with van der Waals surface area (Å²) in [5.41, 5.74) is 1.66. The molecule has 0 bridgehead atoms. The molecule has 3 rings (SSSR count). The first-order valence-electron chi connectivity index (χ1n) is 5.60. The standard InChI is InChI=1S/C12H9ClN4O2/c1-7-12(17-10(18)6-14-16-17)11(15-19-7)8-4-2-3-5-9(8)13/h2-5H,6H2,1H3. The predicted molar refractivity (Wildman–Crippen MR) is 68.9 cm³/mol. The Bertz CT molecular complexity index is 680. The van der Waals surface area contributed by atoms with Gasteiger partial charge in [-0.2, -0.15) is 10.1 Å². The van der Waals surface area contributed by atoms with E-state index in [-0.39, 0.29) is 12.5 Å². The van der Waals surface area contributed by atoms with Crippen molar-refractivity contribution >= 4 is 23.2 Å². The summed E-state index contributed by atoms with van der Waals surface area (Å²) in [4.78, 5) is 11.7. The molecule has 2 heterocycles. The number of aryl methyl sites for hydroxylation is 1. The van der Waals surface area contributed by atoms with Gasteiger partial charge < -0.3 is 4.52 Å². The molecule has 1 aliphatic heterocycles. The van der Waals surface area contributed by atoms with Crippen molar-refractivity contribution in [1.29, 1.82) is 0 Å². The maximum Gasteiger partial charge on any atom is 0.272 e. The van der Waals surface area contributed by atoms with E-state index in [0.717, 1.165) is 0 Å². The second-order valence-electron chi connectivity index (χ2n) is 4.01. The number of hydrogen-bond donors (Lipinski definition) is 0. The molecule has 6 nitrogen and oxygen atoms in total. The molecule has 0 saturated carbocycles. The molecule has 1 aromatic heterocycles. The number of halogens is 1. The number of hydrogen-bond acceptors (Lipinski definition) is 5. The highest BCUT2D eigenvalue weighted by Crippen LogP contribution is 2.37. The van der Waals surface area contributed by atoms with Crippen LogP contribution in [0.3, 0.4) is 0 Å². The maximum atomic E-state index is 11.7. The summed E-state index contributed by atoms with van der Waals surface area (Å²) < 4.78 is 5.16. The highest BCUT2D eigenvalue weighted by molar-refractivity contribution is 6.33. The van der Waals surface area contributed by atoms with E-state index in [9.17, 15) is 4.79 Å². The minimum atomic E-state index is -0.223. The molecule has 7 heteroatoms. The van der Waals surface area contributed by atoms with E-state index >= 15 is 0 Å². The van der Waals surface area contributed by atoms with E-state index in [4.69, 9.17) is 16.1 Å². The van der Waals surface area contributed by atoms with Gasteiger partial charge in [-0.1, -0.05) is 40.2 Å². The first-order valence-corrected chi connectivity index (χ1v) is 5.98. The molecule has 1 aromatic carbocycles. The predicted octanol–water partition coefficient (Wildman–Crippen LogP) is 3.02. The van der Waals surface area contributed by atoms with Gasteiger partial charge in [0.1, 0.15) is 17.9 Å². The van der Waals surface area contributed by atoms with Crippen LogP contribution in [0, 0.1) is 6.92 Å². The number of rotatable bonds is 2. The number of aromatic nitrogens is 1. The highest BCUT2D eigenvalue weighted by atomic mass is 35.5. The molecular formula is C12H9ClN4O2. The lowest BCUT2D eigenvalue weighted by Crippen LogP contribution is -2.22. The van der Waals surface area contributed by atoms with Crippen LogP contribution in [0.4, 0.5) is 5.69 Å². The van der Waals surface area contributed by atoms with E-state index in [1.54, 1.807) is 19.1 Å². The van der Waals surface area contributed by atoms with E-state index in [0.29, 0.717) is 27.7 Å². The van der Waals surface area contributed by atoms with Crippen molar-refractivity contribution < 1.29 is 9.32 Å². The number of nitrogens with zero attached hydrogens (tertiary/aromatic N) is 4. The van der Waals surface area contributed by atoms with Crippen molar-refractivity contribution in [3.8, 4) is 11.3 Å². The van der Waals surface area contributed by atoms with Crippen LogP contribution in [0.25, 0.3) is 11.3 Å². The van der Waals surface area contributed by atoms with Crippen LogP contribution >= 0.6 is 11.6 Å². The molecule has 0 aliphatic carbocycles. The average molecular weight is 277 g/mol. The van der Waals surface area contributed by atoms with Crippen molar-refractivity contribution in [2.75, 3.05) is 11.6 Å². The second-order valence-corrected chi connectivity index (χ2v) is 4.42. The summed E-state index contributed by atoms with van der Waals surface area (Å²) in [6.07, 6.45) is 0. The maximum absolute atomic E-state index is 11.7. The lowest BCUT2D eigenvalue weighted by molar-refractivity contribution is -0.116. The fraction of sp³-hybridized carbons (Fsp3) is 0.167. The second kappa shape index (κ2) is 4.47. The zero-order valence-electron chi connectivity index (χ0n) is 10.00.